The highest BCUT2D eigenvalue weighted by Gasteiger charge is 2.11. The van der Waals surface area contributed by atoms with E-state index in [4.69, 9.17) is 0 Å². The van der Waals surface area contributed by atoms with Crippen LogP contribution in [0, 0.1) is 0 Å². The zero-order valence-electron chi connectivity index (χ0n) is 9.68. The van der Waals surface area contributed by atoms with Gasteiger partial charge in [-0.15, -0.1) is 11.8 Å². The van der Waals surface area contributed by atoms with Crippen LogP contribution in [0.25, 0.3) is 0 Å². The van der Waals surface area contributed by atoms with Gasteiger partial charge in [-0.25, -0.2) is 4.98 Å². The molecule has 1 N–H and O–H groups in total. The van der Waals surface area contributed by atoms with Gasteiger partial charge in [-0.2, -0.15) is 0 Å². The molecule has 0 aliphatic rings. The van der Waals surface area contributed by atoms with E-state index < -0.39 is 0 Å². The SMILES string of the molecule is CSc1ncccc1C(=O)Nc1cccc(Br)c1. The monoisotopic (exact) mass is 322 g/mol. The van der Waals surface area contributed by atoms with E-state index >= 15 is 0 Å². The van der Waals surface area contributed by atoms with Crippen LogP contribution in [-0.2, 0) is 0 Å². The Bertz CT molecular complexity index is 574. The van der Waals surface area contributed by atoms with Gasteiger partial charge in [0.1, 0.15) is 5.03 Å². The predicted octanol–water partition coefficient (Wildman–Crippen LogP) is 3.82. The first-order chi connectivity index (χ1) is 8.70. The first kappa shape index (κ1) is 13.1. The Morgan fingerprint density at radius 2 is 2.17 bits per heavy atom. The number of amides is 1. The Balaban J connectivity index is 2.22. The van der Waals surface area contributed by atoms with Crippen LogP contribution in [0.5, 0.6) is 0 Å². The van der Waals surface area contributed by atoms with Gasteiger partial charge >= 0.3 is 0 Å². The molecule has 0 radical (unpaired) electrons. The highest BCUT2D eigenvalue weighted by molar-refractivity contribution is 9.10. The van der Waals surface area contributed by atoms with E-state index in [1.54, 1.807) is 18.3 Å². The molecule has 1 amide bonds. The van der Waals surface area contributed by atoms with Gasteiger partial charge in [-0.05, 0) is 36.6 Å². The number of benzene rings is 1. The lowest BCUT2D eigenvalue weighted by atomic mass is 10.2. The second-order valence-corrected chi connectivity index (χ2v) is 5.24. The number of hydrogen-bond acceptors (Lipinski definition) is 3. The van der Waals surface area contributed by atoms with Crippen molar-refractivity contribution in [2.45, 2.75) is 5.03 Å². The average molecular weight is 323 g/mol. The van der Waals surface area contributed by atoms with Crippen molar-refractivity contribution in [2.24, 2.45) is 0 Å². The highest BCUT2D eigenvalue weighted by Crippen LogP contribution is 2.20. The third-order valence-electron chi connectivity index (χ3n) is 2.29. The number of carbonyl (C=O) groups excluding carboxylic acids is 1. The van der Waals surface area contributed by atoms with Gasteiger partial charge in [-0.1, -0.05) is 22.0 Å². The van der Waals surface area contributed by atoms with E-state index in [-0.39, 0.29) is 5.91 Å². The number of halogens is 1. The number of pyridine rings is 1. The fourth-order valence-corrected chi connectivity index (χ4v) is 2.44. The Hall–Kier alpha value is -1.33. The zero-order valence-corrected chi connectivity index (χ0v) is 12.1. The number of aromatic nitrogens is 1. The maximum atomic E-state index is 12.1. The molecule has 0 fully saturated rings. The molecule has 0 saturated heterocycles. The largest absolute Gasteiger partial charge is 0.322 e. The molecule has 1 aromatic carbocycles. The zero-order chi connectivity index (χ0) is 13.0. The topological polar surface area (TPSA) is 42.0 Å². The lowest BCUT2D eigenvalue weighted by Gasteiger charge is -2.07. The number of rotatable bonds is 3. The van der Waals surface area contributed by atoms with Crippen LogP contribution in [-0.4, -0.2) is 17.1 Å². The molecule has 3 nitrogen and oxygen atoms in total. The summed E-state index contributed by atoms with van der Waals surface area (Å²) in [6.07, 6.45) is 3.58. The van der Waals surface area contributed by atoms with Crippen LogP contribution in [0.2, 0.25) is 0 Å². The molecular formula is C13H11BrN2OS. The number of nitrogens with zero attached hydrogens (tertiary/aromatic N) is 1. The maximum Gasteiger partial charge on any atom is 0.258 e. The van der Waals surface area contributed by atoms with E-state index in [9.17, 15) is 4.79 Å². The summed E-state index contributed by atoms with van der Waals surface area (Å²) in [6, 6.07) is 11.0. The van der Waals surface area contributed by atoms with Gasteiger partial charge in [0.15, 0.2) is 0 Å². The van der Waals surface area contributed by atoms with Crippen LogP contribution < -0.4 is 5.32 Å². The summed E-state index contributed by atoms with van der Waals surface area (Å²) in [5.41, 5.74) is 1.34. The number of anilines is 1. The second-order valence-electron chi connectivity index (χ2n) is 3.52. The van der Waals surface area contributed by atoms with Gasteiger partial charge in [0.05, 0.1) is 5.56 Å². The quantitative estimate of drug-likeness (QED) is 0.873. The summed E-state index contributed by atoms with van der Waals surface area (Å²) in [5, 5.41) is 3.58. The van der Waals surface area contributed by atoms with Crippen LogP contribution in [0.3, 0.4) is 0 Å². The third kappa shape index (κ3) is 3.11. The molecule has 2 rings (SSSR count). The summed E-state index contributed by atoms with van der Waals surface area (Å²) in [6.45, 7) is 0. The summed E-state index contributed by atoms with van der Waals surface area (Å²) >= 11 is 4.82. The van der Waals surface area contributed by atoms with E-state index in [1.807, 2.05) is 30.5 Å². The van der Waals surface area contributed by atoms with E-state index in [1.165, 1.54) is 11.8 Å². The molecular weight excluding hydrogens is 312 g/mol. The first-order valence-corrected chi connectivity index (χ1v) is 7.28. The Kier molecular flexibility index (Phi) is 4.38. The van der Waals surface area contributed by atoms with Crippen molar-refractivity contribution >= 4 is 39.3 Å². The predicted molar refractivity (Wildman–Crippen MR) is 78.1 cm³/mol. The van der Waals surface area contributed by atoms with Crippen molar-refractivity contribution in [3.63, 3.8) is 0 Å². The van der Waals surface area contributed by atoms with Crippen molar-refractivity contribution in [1.29, 1.82) is 0 Å². The van der Waals surface area contributed by atoms with Crippen molar-refractivity contribution < 1.29 is 4.79 Å². The standard InChI is InChI=1S/C13H11BrN2OS/c1-18-13-11(6-3-7-15-13)12(17)16-10-5-2-4-9(14)8-10/h2-8H,1H3,(H,16,17). The van der Waals surface area contributed by atoms with Gasteiger partial charge in [0.2, 0.25) is 0 Å². The van der Waals surface area contributed by atoms with Gasteiger partial charge in [0.25, 0.3) is 5.91 Å². The Morgan fingerprint density at radius 3 is 2.89 bits per heavy atom. The van der Waals surface area contributed by atoms with E-state index in [0.29, 0.717) is 5.56 Å². The lowest BCUT2D eigenvalue weighted by molar-refractivity contribution is 0.102. The highest BCUT2D eigenvalue weighted by atomic mass is 79.9. The number of thioether (sulfide) groups is 1. The number of nitrogens with one attached hydrogen (secondary N) is 1. The minimum atomic E-state index is -0.148. The Labute approximate surface area is 118 Å². The van der Waals surface area contributed by atoms with Crippen LogP contribution >= 0.6 is 27.7 Å². The molecule has 0 bridgehead atoms. The van der Waals surface area contributed by atoms with Crippen LogP contribution in [0.15, 0.2) is 52.1 Å². The maximum absolute atomic E-state index is 12.1. The van der Waals surface area contributed by atoms with Crippen LogP contribution in [0.4, 0.5) is 5.69 Å². The summed E-state index contributed by atoms with van der Waals surface area (Å²) in [7, 11) is 0. The van der Waals surface area contributed by atoms with Crippen molar-refractivity contribution in [3.8, 4) is 0 Å². The average Bonchev–Trinajstić information content (AvgIpc) is 2.38. The fraction of sp³-hybridized carbons (Fsp3) is 0.0769. The molecule has 0 spiro atoms. The molecule has 1 heterocycles. The normalized spacial score (nSPS) is 10.1. The fourth-order valence-electron chi connectivity index (χ4n) is 1.49. The second kappa shape index (κ2) is 6.02. The van der Waals surface area contributed by atoms with Gasteiger partial charge in [0, 0.05) is 16.4 Å². The van der Waals surface area contributed by atoms with Crippen LogP contribution in [0.1, 0.15) is 10.4 Å². The molecule has 0 aliphatic heterocycles. The van der Waals surface area contributed by atoms with Gasteiger partial charge in [-0.3, -0.25) is 4.79 Å². The molecule has 5 heteroatoms. The van der Waals surface area contributed by atoms with Crippen molar-refractivity contribution in [3.05, 3.63) is 52.6 Å². The smallest absolute Gasteiger partial charge is 0.258 e. The molecule has 0 aliphatic carbocycles. The van der Waals surface area contributed by atoms with E-state index in [0.717, 1.165) is 15.2 Å². The molecule has 0 atom stereocenters. The molecule has 92 valence electrons. The Morgan fingerprint density at radius 1 is 1.33 bits per heavy atom. The molecule has 0 unspecified atom stereocenters. The first-order valence-electron chi connectivity index (χ1n) is 5.26. The number of hydrogen-bond donors (Lipinski definition) is 1. The lowest BCUT2D eigenvalue weighted by Crippen LogP contribution is -2.13. The number of carbonyl (C=O) groups is 1. The third-order valence-corrected chi connectivity index (χ3v) is 3.50. The molecule has 18 heavy (non-hydrogen) atoms. The summed E-state index contributed by atoms with van der Waals surface area (Å²) in [4.78, 5) is 16.3. The minimum absolute atomic E-state index is 0.148. The van der Waals surface area contributed by atoms with E-state index in [2.05, 4.69) is 26.2 Å². The summed E-state index contributed by atoms with van der Waals surface area (Å²) in [5.74, 6) is -0.148. The van der Waals surface area contributed by atoms with Gasteiger partial charge < -0.3 is 5.32 Å². The minimum Gasteiger partial charge on any atom is -0.322 e. The van der Waals surface area contributed by atoms with Crippen molar-refractivity contribution in [1.82, 2.24) is 4.98 Å². The summed E-state index contributed by atoms with van der Waals surface area (Å²) < 4.78 is 0.927. The molecule has 2 aromatic rings. The van der Waals surface area contributed by atoms with Crippen molar-refractivity contribution in [2.75, 3.05) is 11.6 Å². The molecule has 1 aromatic heterocycles. The molecule has 0 saturated carbocycles.